The van der Waals surface area contributed by atoms with Crippen LogP contribution in [0.15, 0.2) is 46.9 Å². The molecule has 3 aromatic rings. The molecular formula is C47H47BrFN7O6. The van der Waals surface area contributed by atoms with Crippen LogP contribution >= 0.6 is 15.9 Å². The van der Waals surface area contributed by atoms with Crippen LogP contribution in [0.2, 0.25) is 0 Å². The predicted molar refractivity (Wildman–Crippen MR) is 228 cm³/mol. The maximum Gasteiger partial charge on any atom is 0.262 e. The number of anilines is 1. The number of aromatic nitrogens is 1. The van der Waals surface area contributed by atoms with Gasteiger partial charge in [0.05, 0.1) is 40.2 Å². The average molecular weight is 905 g/mol. The largest absolute Gasteiger partial charge is 0.489 e. The van der Waals surface area contributed by atoms with Crippen LogP contribution in [0.3, 0.4) is 0 Å². The number of imide groups is 2. The third-order valence-corrected chi connectivity index (χ3v) is 14.6. The van der Waals surface area contributed by atoms with E-state index in [-0.39, 0.29) is 64.5 Å². The highest BCUT2D eigenvalue weighted by atomic mass is 79.9. The topological polar surface area (TPSA) is 156 Å². The van der Waals surface area contributed by atoms with E-state index < -0.39 is 35.5 Å². The summed E-state index contributed by atoms with van der Waals surface area (Å²) in [6.45, 7) is 11.5. The summed E-state index contributed by atoms with van der Waals surface area (Å²) in [6, 6.07) is 12.9. The Morgan fingerprint density at radius 1 is 0.855 bits per heavy atom. The van der Waals surface area contributed by atoms with E-state index in [0.717, 1.165) is 55.4 Å². The normalized spacial score (nSPS) is 26.6. The predicted octanol–water partition coefficient (Wildman–Crippen LogP) is 5.83. The van der Waals surface area contributed by atoms with Crippen molar-refractivity contribution < 1.29 is 33.1 Å². The van der Waals surface area contributed by atoms with E-state index >= 15 is 4.39 Å². The van der Waals surface area contributed by atoms with Crippen LogP contribution in [0, 0.1) is 45.7 Å². The minimum absolute atomic E-state index is 0.0132. The lowest BCUT2D eigenvalue weighted by Crippen LogP contribution is -2.74. The van der Waals surface area contributed by atoms with Gasteiger partial charge in [-0.25, -0.2) is 9.37 Å². The molecule has 5 heterocycles. The zero-order valence-electron chi connectivity index (χ0n) is 35.1. The van der Waals surface area contributed by atoms with Gasteiger partial charge >= 0.3 is 0 Å². The average Bonchev–Trinajstić information content (AvgIpc) is 3.68. The highest BCUT2D eigenvalue weighted by Crippen LogP contribution is 2.59. The number of halogens is 2. The van der Waals surface area contributed by atoms with Crippen molar-refractivity contribution in [1.82, 2.24) is 25.0 Å². The molecule has 2 aliphatic carbocycles. The van der Waals surface area contributed by atoms with Crippen LogP contribution in [-0.4, -0.2) is 99.6 Å². The van der Waals surface area contributed by atoms with Gasteiger partial charge in [0.25, 0.3) is 17.7 Å². The molecule has 320 valence electrons. The fraction of sp³-hybridized carbons (Fsp3) is 0.468. The fourth-order valence-corrected chi connectivity index (χ4v) is 11.8. The number of piperidine rings is 1. The first-order valence-corrected chi connectivity index (χ1v) is 22.1. The summed E-state index contributed by atoms with van der Waals surface area (Å²) < 4.78 is 22.7. The molecule has 4 fully saturated rings. The number of carbonyl (C=O) groups is 5. The summed E-state index contributed by atoms with van der Waals surface area (Å²) in [6.07, 6.45) is 3.75. The molecule has 5 amide bonds. The SMILES string of the molecule is CC1(C)C(Oc2ccc(C#N)c(Br)c2)C(C)(C)C1N1Cc2nc(C#CC3CCC(N4CCN(c5cc6c(cc5F)C(=O)N(C5CCC(=O)NC5=O)C6=O)CC4)CC3)ccc2C1=O. The Morgan fingerprint density at radius 2 is 1.55 bits per heavy atom. The molecule has 1 unspecified atom stereocenters. The molecular weight excluding hydrogens is 857 g/mol. The van der Waals surface area contributed by atoms with Gasteiger partial charge in [-0.15, -0.1) is 0 Å². The first kappa shape index (κ1) is 41.7. The van der Waals surface area contributed by atoms with Gasteiger partial charge in [-0.1, -0.05) is 33.6 Å². The number of fused-ring (bicyclic) bond motifs is 2. The first-order chi connectivity index (χ1) is 29.6. The minimum Gasteiger partial charge on any atom is -0.489 e. The Hall–Kier alpha value is -5.64. The lowest BCUT2D eigenvalue weighted by Gasteiger charge is -2.65. The number of nitriles is 1. The summed E-state index contributed by atoms with van der Waals surface area (Å²) in [4.78, 5) is 76.4. The van der Waals surface area contributed by atoms with Crippen molar-refractivity contribution in [3.8, 4) is 23.7 Å². The van der Waals surface area contributed by atoms with E-state index in [1.165, 1.54) is 6.07 Å². The van der Waals surface area contributed by atoms with Crippen LogP contribution < -0.4 is 15.0 Å². The van der Waals surface area contributed by atoms with E-state index in [1.54, 1.807) is 6.07 Å². The van der Waals surface area contributed by atoms with Gasteiger partial charge in [0.2, 0.25) is 11.8 Å². The molecule has 62 heavy (non-hydrogen) atoms. The van der Waals surface area contributed by atoms with E-state index in [9.17, 15) is 29.2 Å². The van der Waals surface area contributed by atoms with Crippen molar-refractivity contribution in [2.75, 3.05) is 31.1 Å². The summed E-state index contributed by atoms with van der Waals surface area (Å²) in [5, 5.41) is 11.5. The number of rotatable bonds is 6. The van der Waals surface area contributed by atoms with Gasteiger partial charge in [0.1, 0.15) is 35.5 Å². The van der Waals surface area contributed by atoms with Crippen LogP contribution in [-0.2, 0) is 16.1 Å². The van der Waals surface area contributed by atoms with Crippen LogP contribution in [0.1, 0.15) is 114 Å². The molecule has 1 N–H and O–H groups in total. The number of nitrogens with one attached hydrogen (secondary N) is 1. The maximum absolute atomic E-state index is 15.5. The summed E-state index contributed by atoms with van der Waals surface area (Å²) in [5.41, 5.74) is 2.10. The first-order valence-electron chi connectivity index (χ1n) is 21.3. The highest BCUT2D eigenvalue weighted by molar-refractivity contribution is 9.10. The molecule has 15 heteroatoms. The molecule has 6 aliphatic rings. The van der Waals surface area contributed by atoms with Gasteiger partial charge in [-0.2, -0.15) is 5.26 Å². The second kappa shape index (κ2) is 15.6. The van der Waals surface area contributed by atoms with E-state index in [1.807, 2.05) is 34.1 Å². The second-order valence-electron chi connectivity index (χ2n) is 18.5. The van der Waals surface area contributed by atoms with E-state index in [2.05, 4.69) is 71.8 Å². The fourth-order valence-electron chi connectivity index (χ4n) is 11.3. The van der Waals surface area contributed by atoms with Crippen molar-refractivity contribution in [1.29, 1.82) is 5.26 Å². The maximum atomic E-state index is 15.5. The Bertz CT molecular complexity index is 2530. The quantitative estimate of drug-likeness (QED) is 0.236. The number of benzene rings is 2. The number of pyridine rings is 1. The Kier molecular flexibility index (Phi) is 10.5. The van der Waals surface area contributed by atoms with Gasteiger partial charge in [-0.05, 0) is 96.4 Å². The van der Waals surface area contributed by atoms with Crippen LogP contribution in [0.5, 0.6) is 5.75 Å². The molecule has 2 saturated carbocycles. The molecule has 1 aromatic heterocycles. The molecule has 4 aliphatic heterocycles. The van der Waals surface area contributed by atoms with E-state index in [0.29, 0.717) is 52.7 Å². The number of nitrogens with zero attached hydrogens (tertiary/aromatic N) is 6. The van der Waals surface area contributed by atoms with Crippen molar-refractivity contribution in [3.63, 3.8) is 0 Å². The Labute approximate surface area is 368 Å². The molecule has 0 spiro atoms. The minimum atomic E-state index is -1.11. The number of hydrogen-bond donors (Lipinski definition) is 1. The van der Waals surface area contributed by atoms with E-state index in [4.69, 9.17) is 9.72 Å². The number of carbonyl (C=O) groups excluding carboxylic acids is 5. The lowest BCUT2D eigenvalue weighted by molar-refractivity contribution is -0.199. The summed E-state index contributed by atoms with van der Waals surface area (Å²) in [7, 11) is 0. The van der Waals surface area contributed by atoms with Crippen molar-refractivity contribution in [2.45, 2.75) is 97.0 Å². The number of piperazine rings is 1. The Morgan fingerprint density at radius 3 is 2.21 bits per heavy atom. The zero-order chi connectivity index (χ0) is 43.8. The standard InChI is InChI=1S/C47H47BrFN7O6/c1-46(2)44(47(3,4)45(46)62-30-13-8-27(24-50)34(48)21-30)55-25-36-31(41(55)59)14-10-28(51-36)9-5-26-6-11-29(12-7-26)53-17-19-54(20-18-53)38-23-33-32(22-35(38)49)42(60)56(43(33)61)37-15-16-39(57)52-40(37)58/h8,10,13-14,21-23,26,29,37,44-45H,6-7,11-12,15-20,25H2,1-4H3,(H,52,57,58). The van der Waals surface area contributed by atoms with Crippen LogP contribution in [0.25, 0.3) is 0 Å². The molecule has 0 radical (unpaired) electrons. The van der Waals surface area contributed by atoms with Crippen molar-refractivity contribution in [2.24, 2.45) is 16.7 Å². The smallest absolute Gasteiger partial charge is 0.262 e. The van der Waals surface area contributed by atoms with Gasteiger partial charge < -0.3 is 14.5 Å². The van der Waals surface area contributed by atoms with Crippen molar-refractivity contribution in [3.05, 3.63) is 86.4 Å². The van der Waals surface area contributed by atoms with Gasteiger partial charge in [-0.3, -0.25) is 39.1 Å². The molecule has 9 rings (SSSR count). The van der Waals surface area contributed by atoms with Gasteiger partial charge in [0, 0.05) is 65.9 Å². The second-order valence-corrected chi connectivity index (χ2v) is 19.4. The van der Waals surface area contributed by atoms with Gasteiger partial charge in [0.15, 0.2) is 0 Å². The monoisotopic (exact) mass is 903 g/mol. The number of hydrogen-bond acceptors (Lipinski definition) is 10. The molecule has 1 atom stereocenters. The lowest BCUT2D eigenvalue weighted by atomic mass is 9.49. The molecule has 2 saturated heterocycles. The Balaban J connectivity index is 0.778. The highest BCUT2D eigenvalue weighted by Gasteiger charge is 2.67. The molecule has 0 bridgehead atoms. The van der Waals surface area contributed by atoms with Crippen molar-refractivity contribution >= 4 is 51.2 Å². The third kappa shape index (κ3) is 7.03. The molecule has 2 aromatic carbocycles. The van der Waals surface area contributed by atoms with Crippen LogP contribution in [0.4, 0.5) is 10.1 Å². The summed E-state index contributed by atoms with van der Waals surface area (Å²) >= 11 is 3.46. The summed E-state index contributed by atoms with van der Waals surface area (Å²) in [5.74, 6) is 4.52. The third-order valence-electron chi connectivity index (χ3n) is 14.0. The molecule has 13 nitrogen and oxygen atoms in total. The zero-order valence-corrected chi connectivity index (χ0v) is 36.7. The number of ether oxygens (including phenoxy) is 1. The number of amides is 5.